The molecule has 9 heteroatoms. The molecule has 0 spiro atoms. The van der Waals surface area contributed by atoms with Crippen LogP contribution < -0.4 is 9.62 Å². The molecular formula is C23H30FN3O4S. The Morgan fingerprint density at radius 3 is 2.50 bits per heavy atom. The zero-order valence-electron chi connectivity index (χ0n) is 18.5. The molecule has 2 aromatic carbocycles. The zero-order chi connectivity index (χ0) is 23.1. The van der Waals surface area contributed by atoms with Gasteiger partial charge in [-0.15, -0.1) is 0 Å². The van der Waals surface area contributed by atoms with E-state index in [1.165, 1.54) is 18.2 Å². The van der Waals surface area contributed by atoms with Crippen molar-refractivity contribution in [3.05, 3.63) is 65.5 Å². The maximum Gasteiger partial charge on any atom is 0.244 e. The van der Waals surface area contributed by atoms with Crippen LogP contribution in [0.3, 0.4) is 0 Å². The van der Waals surface area contributed by atoms with Crippen molar-refractivity contribution >= 4 is 21.6 Å². The summed E-state index contributed by atoms with van der Waals surface area (Å²) >= 11 is 0. The highest BCUT2D eigenvalue weighted by molar-refractivity contribution is 7.92. The van der Waals surface area contributed by atoms with E-state index in [4.69, 9.17) is 4.74 Å². The Hall–Kier alpha value is -2.49. The van der Waals surface area contributed by atoms with Crippen LogP contribution in [0.1, 0.15) is 24.5 Å². The second-order valence-electron chi connectivity index (χ2n) is 7.86. The Kier molecular flexibility index (Phi) is 8.22. The van der Waals surface area contributed by atoms with Gasteiger partial charge in [0.05, 0.1) is 25.2 Å². The van der Waals surface area contributed by atoms with Gasteiger partial charge >= 0.3 is 0 Å². The lowest BCUT2D eigenvalue weighted by Crippen LogP contribution is -2.49. The molecule has 174 valence electrons. The number of sulfonamides is 1. The van der Waals surface area contributed by atoms with E-state index >= 15 is 0 Å². The molecule has 1 N–H and O–H groups in total. The molecule has 1 fully saturated rings. The van der Waals surface area contributed by atoms with Gasteiger partial charge in [-0.1, -0.05) is 43.3 Å². The van der Waals surface area contributed by atoms with Crippen molar-refractivity contribution in [3.63, 3.8) is 0 Å². The average Bonchev–Trinajstić information content (AvgIpc) is 2.77. The van der Waals surface area contributed by atoms with Crippen LogP contribution in [0.4, 0.5) is 10.1 Å². The average molecular weight is 464 g/mol. The molecule has 1 aliphatic rings. The molecule has 0 radical (unpaired) electrons. The zero-order valence-corrected chi connectivity index (χ0v) is 19.3. The van der Waals surface area contributed by atoms with Crippen molar-refractivity contribution in [1.82, 2.24) is 10.2 Å². The van der Waals surface area contributed by atoms with E-state index in [0.29, 0.717) is 0 Å². The second kappa shape index (κ2) is 10.9. The fourth-order valence-corrected chi connectivity index (χ4v) is 5.04. The first-order valence-electron chi connectivity index (χ1n) is 10.7. The first-order chi connectivity index (χ1) is 15.3. The lowest BCUT2D eigenvalue weighted by atomic mass is 10.1. The summed E-state index contributed by atoms with van der Waals surface area (Å²) in [4.78, 5) is 15.3. The Morgan fingerprint density at radius 1 is 1.16 bits per heavy atom. The van der Waals surface area contributed by atoms with Crippen LogP contribution in [-0.4, -0.2) is 57.8 Å². The van der Waals surface area contributed by atoms with E-state index in [-0.39, 0.29) is 18.7 Å². The molecule has 0 aliphatic carbocycles. The van der Waals surface area contributed by atoms with Crippen LogP contribution in [0.5, 0.6) is 0 Å². The van der Waals surface area contributed by atoms with Crippen molar-refractivity contribution in [1.29, 1.82) is 0 Å². The molecule has 0 saturated carbocycles. The fourth-order valence-electron chi connectivity index (χ4n) is 3.83. The van der Waals surface area contributed by atoms with Crippen molar-refractivity contribution < 1.29 is 22.3 Å². The number of ether oxygens (including phenoxy) is 1. The highest BCUT2D eigenvalue weighted by Gasteiger charge is 2.32. The van der Waals surface area contributed by atoms with Gasteiger partial charge in [0.25, 0.3) is 0 Å². The lowest BCUT2D eigenvalue weighted by Gasteiger charge is -2.30. The van der Waals surface area contributed by atoms with Crippen molar-refractivity contribution in [3.8, 4) is 0 Å². The molecule has 1 aliphatic heterocycles. The molecule has 32 heavy (non-hydrogen) atoms. The van der Waals surface area contributed by atoms with Gasteiger partial charge in [-0.3, -0.25) is 14.0 Å². The van der Waals surface area contributed by atoms with Crippen LogP contribution in [-0.2, 0) is 32.6 Å². The van der Waals surface area contributed by atoms with Gasteiger partial charge in [0.1, 0.15) is 11.9 Å². The predicted octanol–water partition coefficient (Wildman–Crippen LogP) is 2.52. The number of hydrogen-bond donors (Lipinski definition) is 1. The maximum atomic E-state index is 14.4. The van der Waals surface area contributed by atoms with Crippen molar-refractivity contribution in [2.75, 3.05) is 36.9 Å². The van der Waals surface area contributed by atoms with Gasteiger partial charge in [-0.25, -0.2) is 12.8 Å². The van der Waals surface area contributed by atoms with E-state index in [2.05, 4.69) is 10.2 Å². The predicted molar refractivity (Wildman–Crippen MR) is 122 cm³/mol. The minimum absolute atomic E-state index is 0.135. The number of nitrogens with one attached hydrogen (secondary N) is 1. The molecular weight excluding hydrogens is 433 g/mol. The third-order valence-corrected chi connectivity index (χ3v) is 6.55. The SMILES string of the molecule is CC[C@H](C(=O)NCc1cccc(CN2CCOCC2)c1)N(c1ccccc1F)S(C)(=O)=O. The van der Waals surface area contributed by atoms with Gasteiger partial charge in [0.15, 0.2) is 0 Å². The number of nitrogens with zero attached hydrogens (tertiary/aromatic N) is 2. The highest BCUT2D eigenvalue weighted by Crippen LogP contribution is 2.25. The topological polar surface area (TPSA) is 79.0 Å². The van der Waals surface area contributed by atoms with Gasteiger partial charge in [0, 0.05) is 26.2 Å². The Bertz CT molecular complexity index is 1030. The number of anilines is 1. The van der Waals surface area contributed by atoms with Crippen LogP contribution in [0.2, 0.25) is 0 Å². The molecule has 0 aromatic heterocycles. The summed E-state index contributed by atoms with van der Waals surface area (Å²) in [6, 6.07) is 12.4. The van der Waals surface area contributed by atoms with E-state index in [1.807, 2.05) is 24.3 Å². The molecule has 0 unspecified atom stereocenters. The third kappa shape index (κ3) is 6.27. The quantitative estimate of drug-likeness (QED) is 0.618. The van der Waals surface area contributed by atoms with E-state index in [1.54, 1.807) is 13.0 Å². The van der Waals surface area contributed by atoms with E-state index in [9.17, 15) is 17.6 Å². The summed E-state index contributed by atoms with van der Waals surface area (Å²) in [5.74, 6) is -1.17. The fraction of sp³-hybridized carbons (Fsp3) is 0.435. The summed E-state index contributed by atoms with van der Waals surface area (Å²) in [6.45, 7) is 5.98. The highest BCUT2D eigenvalue weighted by atomic mass is 32.2. The number of carbonyl (C=O) groups excluding carboxylic acids is 1. The monoisotopic (exact) mass is 463 g/mol. The van der Waals surface area contributed by atoms with Crippen molar-refractivity contribution in [2.24, 2.45) is 0 Å². The molecule has 1 heterocycles. The van der Waals surface area contributed by atoms with Crippen LogP contribution in [0.15, 0.2) is 48.5 Å². The van der Waals surface area contributed by atoms with Gasteiger partial charge in [-0.2, -0.15) is 0 Å². The normalized spacial score (nSPS) is 15.8. The Labute approximate surface area is 189 Å². The number of morpholine rings is 1. The van der Waals surface area contributed by atoms with Crippen LogP contribution in [0, 0.1) is 5.82 Å². The van der Waals surface area contributed by atoms with Crippen LogP contribution in [0.25, 0.3) is 0 Å². The number of rotatable bonds is 9. The number of carbonyl (C=O) groups is 1. The third-order valence-electron chi connectivity index (χ3n) is 5.39. The van der Waals surface area contributed by atoms with Gasteiger partial charge in [0.2, 0.25) is 15.9 Å². The molecule has 1 amide bonds. The summed E-state index contributed by atoms with van der Waals surface area (Å²) in [5.41, 5.74) is 1.91. The Morgan fingerprint density at radius 2 is 1.84 bits per heavy atom. The minimum Gasteiger partial charge on any atom is -0.379 e. The van der Waals surface area contributed by atoms with Gasteiger partial charge in [-0.05, 0) is 29.7 Å². The summed E-state index contributed by atoms with van der Waals surface area (Å²) in [6.07, 6.45) is 1.18. The number of para-hydroxylation sites is 1. The standard InChI is InChI=1S/C23H30FN3O4S/c1-3-21(27(32(2,29)30)22-10-5-4-9-20(22)24)23(28)25-16-18-7-6-8-19(15-18)17-26-11-13-31-14-12-26/h4-10,15,21H,3,11-14,16-17H2,1-2H3,(H,25,28)/t21-/m1/s1. The first-order valence-corrected chi connectivity index (χ1v) is 12.5. The first kappa shape index (κ1) is 24.2. The molecule has 3 rings (SSSR count). The molecule has 0 bridgehead atoms. The molecule has 2 aromatic rings. The molecule has 7 nitrogen and oxygen atoms in total. The Balaban J connectivity index is 1.70. The molecule has 1 atom stereocenters. The largest absolute Gasteiger partial charge is 0.379 e. The number of benzene rings is 2. The number of hydrogen-bond acceptors (Lipinski definition) is 5. The van der Waals surface area contributed by atoms with E-state index in [0.717, 1.165) is 54.5 Å². The van der Waals surface area contributed by atoms with E-state index < -0.39 is 27.8 Å². The number of halogens is 1. The van der Waals surface area contributed by atoms with Gasteiger partial charge < -0.3 is 10.1 Å². The summed E-state index contributed by atoms with van der Waals surface area (Å²) in [7, 11) is -3.89. The summed E-state index contributed by atoms with van der Waals surface area (Å²) < 4.78 is 45.5. The second-order valence-corrected chi connectivity index (χ2v) is 9.72. The number of amides is 1. The molecule has 1 saturated heterocycles. The van der Waals surface area contributed by atoms with Crippen LogP contribution >= 0.6 is 0 Å². The smallest absolute Gasteiger partial charge is 0.244 e. The summed E-state index contributed by atoms with van der Waals surface area (Å²) in [5, 5.41) is 2.82. The lowest BCUT2D eigenvalue weighted by molar-refractivity contribution is -0.122. The minimum atomic E-state index is -3.89. The maximum absolute atomic E-state index is 14.4. The van der Waals surface area contributed by atoms with Crippen molar-refractivity contribution in [2.45, 2.75) is 32.5 Å².